The van der Waals surface area contributed by atoms with E-state index in [4.69, 9.17) is 9.72 Å². The average Bonchev–Trinajstić information content (AvgIpc) is 3.43. The van der Waals surface area contributed by atoms with Gasteiger partial charge in [-0.1, -0.05) is 18.9 Å². The predicted octanol–water partition coefficient (Wildman–Crippen LogP) is 4.48. The largest absolute Gasteiger partial charge is 0.493 e. The Hall–Kier alpha value is -3.42. The monoisotopic (exact) mass is 595 g/mol. The smallest absolute Gasteiger partial charge is 0.223 e. The zero-order chi connectivity index (χ0) is 29.5. The first-order valence-electron chi connectivity index (χ1n) is 15.1. The second-order valence-electron chi connectivity index (χ2n) is 11.5. The third-order valence-corrected chi connectivity index (χ3v) is 9.31. The summed E-state index contributed by atoms with van der Waals surface area (Å²) < 4.78 is 30.7. The van der Waals surface area contributed by atoms with Crippen molar-refractivity contribution >= 4 is 26.6 Å². The molecular weight excluding hydrogens is 550 g/mol. The van der Waals surface area contributed by atoms with E-state index >= 15 is 0 Å². The van der Waals surface area contributed by atoms with Crippen LogP contribution in [0.25, 0.3) is 16.7 Å². The molecule has 5 rings (SSSR count). The molecule has 10 heteroatoms. The molecule has 1 atom stereocenters. The number of piperidine rings is 1. The summed E-state index contributed by atoms with van der Waals surface area (Å²) in [5, 5.41) is 4.24. The van der Waals surface area contributed by atoms with Gasteiger partial charge in [0.15, 0.2) is 0 Å². The van der Waals surface area contributed by atoms with Gasteiger partial charge in [0.2, 0.25) is 11.7 Å². The molecule has 2 aliphatic rings. The first-order chi connectivity index (χ1) is 20.3. The lowest BCUT2D eigenvalue weighted by molar-refractivity contribution is -0.127. The lowest BCUT2D eigenvalue weighted by Gasteiger charge is -2.34. The van der Waals surface area contributed by atoms with Crippen LogP contribution < -0.4 is 10.1 Å². The number of aromatic nitrogens is 3. The molecule has 2 aromatic heterocycles. The number of sulfone groups is 1. The molecule has 1 saturated carbocycles. The van der Waals surface area contributed by atoms with E-state index in [0.29, 0.717) is 30.4 Å². The van der Waals surface area contributed by atoms with Gasteiger partial charge >= 0.3 is 0 Å². The Kier molecular flexibility index (Phi) is 9.80. The predicted molar refractivity (Wildman–Crippen MR) is 169 cm³/mol. The van der Waals surface area contributed by atoms with Crippen molar-refractivity contribution in [2.45, 2.75) is 57.9 Å². The molecule has 0 unspecified atom stereocenters. The average molecular weight is 596 g/mol. The maximum absolute atomic E-state index is 12.9. The lowest BCUT2D eigenvalue weighted by atomic mass is 9.81. The second-order valence-corrected chi connectivity index (χ2v) is 13.8. The highest BCUT2D eigenvalue weighted by Crippen LogP contribution is 2.30. The molecule has 1 aromatic carbocycles. The van der Waals surface area contributed by atoms with Gasteiger partial charge < -0.3 is 19.5 Å². The summed E-state index contributed by atoms with van der Waals surface area (Å²) in [5.41, 5.74) is 0.931. The Bertz CT molecular complexity index is 1560. The van der Waals surface area contributed by atoms with Crippen LogP contribution in [-0.4, -0.2) is 78.1 Å². The fraction of sp³-hybridized carbons (Fsp3) is 0.531. The van der Waals surface area contributed by atoms with E-state index < -0.39 is 9.84 Å². The van der Waals surface area contributed by atoms with Crippen molar-refractivity contribution in [2.75, 3.05) is 38.2 Å². The molecule has 3 aromatic rings. The Morgan fingerprint density at radius 2 is 2.00 bits per heavy atom. The molecule has 1 aliphatic heterocycles. The fourth-order valence-corrected chi connectivity index (χ4v) is 6.60. The number of hydrogen-bond donors (Lipinski definition) is 1. The van der Waals surface area contributed by atoms with E-state index in [0.717, 1.165) is 69.1 Å². The van der Waals surface area contributed by atoms with Gasteiger partial charge in [0.05, 0.1) is 17.9 Å². The van der Waals surface area contributed by atoms with Crippen LogP contribution in [0.1, 0.15) is 60.5 Å². The minimum absolute atomic E-state index is 0. The molecular formula is C32H45N5O4S. The van der Waals surface area contributed by atoms with Crippen LogP contribution in [0.5, 0.6) is 5.75 Å². The number of carbonyl (C=O) groups is 1. The van der Waals surface area contributed by atoms with E-state index in [1.807, 2.05) is 41.1 Å². The minimum Gasteiger partial charge on any atom is -0.493 e. The molecule has 9 nitrogen and oxygen atoms in total. The van der Waals surface area contributed by atoms with Crippen LogP contribution in [0, 0.1) is 23.7 Å². The Balaban J connectivity index is 0.00000264. The number of ether oxygens (including phenoxy) is 1. The SMILES string of the molecule is CCN1CCC[C@@H](NC(=O)C2CCC(C#Cc3nccc(-n4ccc5c(OCCCS(C)(=O)=O)cccc54)n3)CC2)C1.[HH].[HH]. The Morgan fingerprint density at radius 1 is 1.17 bits per heavy atom. The number of likely N-dealkylation sites (tertiary alicyclic amines) is 1. The molecule has 3 heterocycles. The summed E-state index contributed by atoms with van der Waals surface area (Å²) in [7, 11) is -3.01. The first-order valence-corrected chi connectivity index (χ1v) is 17.1. The van der Waals surface area contributed by atoms with Gasteiger partial charge in [-0.3, -0.25) is 4.79 Å². The second kappa shape index (κ2) is 13.7. The summed E-state index contributed by atoms with van der Waals surface area (Å²) in [6, 6.07) is 9.89. The summed E-state index contributed by atoms with van der Waals surface area (Å²) in [4.78, 5) is 24.4. The van der Waals surface area contributed by atoms with Gasteiger partial charge in [0.1, 0.15) is 21.4 Å². The molecule has 2 fully saturated rings. The number of fused-ring (bicyclic) bond motifs is 1. The molecule has 1 saturated heterocycles. The maximum atomic E-state index is 12.9. The van der Waals surface area contributed by atoms with Crippen molar-refractivity contribution in [2.24, 2.45) is 11.8 Å². The third kappa shape index (κ3) is 7.90. The van der Waals surface area contributed by atoms with Gasteiger partial charge in [0, 0.05) is 51.3 Å². The van der Waals surface area contributed by atoms with E-state index in [2.05, 4.69) is 34.0 Å². The van der Waals surface area contributed by atoms with E-state index in [-0.39, 0.29) is 32.4 Å². The molecule has 0 bridgehead atoms. The van der Waals surface area contributed by atoms with Crippen LogP contribution in [0.3, 0.4) is 0 Å². The highest BCUT2D eigenvalue weighted by molar-refractivity contribution is 7.90. The minimum atomic E-state index is -3.01. The number of carbonyl (C=O) groups excluding carboxylic acids is 1. The van der Waals surface area contributed by atoms with Gasteiger partial charge in [-0.15, -0.1) is 0 Å². The highest BCUT2D eigenvalue weighted by Gasteiger charge is 2.28. The van der Waals surface area contributed by atoms with Crippen molar-refractivity contribution in [3.05, 3.63) is 48.5 Å². The molecule has 228 valence electrons. The zero-order valence-corrected chi connectivity index (χ0v) is 25.4. The molecule has 0 spiro atoms. The van der Waals surface area contributed by atoms with Crippen molar-refractivity contribution in [1.82, 2.24) is 24.8 Å². The number of nitrogens with zero attached hydrogens (tertiary/aromatic N) is 4. The van der Waals surface area contributed by atoms with E-state index in [1.54, 1.807) is 6.20 Å². The molecule has 1 N–H and O–H groups in total. The number of nitrogens with one attached hydrogen (secondary N) is 1. The standard InChI is InChI=1S/C32H41N5O4S.2H2/c1-3-36-19-5-7-26(23-36)34-32(38)25-13-10-24(11-14-25)12-15-30-33-18-16-31(35-30)37-20-17-27-28(37)8-4-9-29(27)41-21-6-22-42(2,39)40;;/h4,8-9,16-18,20,24-26H,3,5-7,10-11,13-14,19,21-23H2,1-2H3,(H,34,38);2*1H/t24?,25?,26-;;/m1../s1. The number of rotatable bonds is 9. The van der Waals surface area contributed by atoms with Gasteiger partial charge in [-0.25, -0.2) is 18.4 Å². The first kappa shape index (κ1) is 30.1. The fourth-order valence-electron chi connectivity index (χ4n) is 5.96. The van der Waals surface area contributed by atoms with Crippen LogP contribution >= 0.6 is 0 Å². The van der Waals surface area contributed by atoms with Crippen molar-refractivity contribution in [3.8, 4) is 23.4 Å². The van der Waals surface area contributed by atoms with Crippen LogP contribution in [0.15, 0.2) is 42.7 Å². The number of likely N-dealkylation sites (N-methyl/N-ethyl adjacent to an activating group) is 1. The summed E-state index contributed by atoms with van der Waals surface area (Å²) in [6.07, 6.45) is 11.1. The van der Waals surface area contributed by atoms with Crippen LogP contribution in [0.2, 0.25) is 0 Å². The zero-order valence-electron chi connectivity index (χ0n) is 24.6. The van der Waals surface area contributed by atoms with Crippen molar-refractivity contribution in [3.63, 3.8) is 0 Å². The lowest BCUT2D eigenvalue weighted by Crippen LogP contribution is -2.49. The normalized spacial score (nSPS) is 21.4. The molecule has 1 amide bonds. The number of benzene rings is 1. The summed E-state index contributed by atoms with van der Waals surface area (Å²) in [5.74, 6) is 9.06. The maximum Gasteiger partial charge on any atom is 0.223 e. The highest BCUT2D eigenvalue weighted by atomic mass is 32.2. The van der Waals surface area contributed by atoms with Gasteiger partial charge in [0.25, 0.3) is 0 Å². The van der Waals surface area contributed by atoms with Crippen LogP contribution in [0.4, 0.5) is 0 Å². The van der Waals surface area contributed by atoms with E-state index in [1.165, 1.54) is 6.26 Å². The Morgan fingerprint density at radius 3 is 2.79 bits per heavy atom. The topological polar surface area (TPSA) is 106 Å². The van der Waals surface area contributed by atoms with Crippen molar-refractivity contribution in [1.29, 1.82) is 0 Å². The van der Waals surface area contributed by atoms with Crippen LogP contribution in [-0.2, 0) is 14.6 Å². The number of hydrogen-bond acceptors (Lipinski definition) is 7. The van der Waals surface area contributed by atoms with Crippen molar-refractivity contribution < 1.29 is 20.8 Å². The quantitative estimate of drug-likeness (QED) is 0.287. The summed E-state index contributed by atoms with van der Waals surface area (Å²) in [6.45, 7) is 5.64. The summed E-state index contributed by atoms with van der Waals surface area (Å²) >= 11 is 0. The Labute approximate surface area is 251 Å². The third-order valence-electron chi connectivity index (χ3n) is 8.28. The molecule has 0 radical (unpaired) electrons. The molecule has 1 aliphatic carbocycles. The van der Waals surface area contributed by atoms with Gasteiger partial charge in [-0.2, -0.15) is 0 Å². The van der Waals surface area contributed by atoms with Gasteiger partial charge in [-0.05, 0) is 88.2 Å². The van der Waals surface area contributed by atoms with E-state index in [9.17, 15) is 13.2 Å². The number of amides is 1. The molecule has 42 heavy (non-hydrogen) atoms.